The molecule has 6 heteroatoms. The number of hydrogen-bond acceptors (Lipinski definition) is 6. The van der Waals surface area contributed by atoms with E-state index in [0.717, 1.165) is 36.1 Å². The smallest absolute Gasteiger partial charge is 0.143 e. The fraction of sp³-hybridized carbons (Fsp3) is 0.318. The largest absolute Gasteiger partial charge is 0.366 e. The van der Waals surface area contributed by atoms with Crippen LogP contribution in [0.5, 0.6) is 0 Å². The summed E-state index contributed by atoms with van der Waals surface area (Å²) in [5.41, 5.74) is 1.55. The van der Waals surface area contributed by atoms with E-state index in [0.29, 0.717) is 17.6 Å². The first kappa shape index (κ1) is 18.2. The Morgan fingerprint density at radius 3 is 2.86 bits per heavy atom. The van der Waals surface area contributed by atoms with Crippen LogP contribution in [0.4, 0.5) is 11.6 Å². The van der Waals surface area contributed by atoms with E-state index < -0.39 is 0 Å². The van der Waals surface area contributed by atoms with E-state index in [-0.39, 0.29) is 6.04 Å². The van der Waals surface area contributed by atoms with E-state index in [4.69, 9.17) is 0 Å². The average Bonchev–Trinajstić information content (AvgIpc) is 2.75. The Bertz CT molecular complexity index is 989. The fourth-order valence-corrected chi connectivity index (χ4v) is 3.61. The van der Waals surface area contributed by atoms with Crippen LogP contribution in [0.3, 0.4) is 0 Å². The molecule has 0 radical (unpaired) electrons. The third-order valence-corrected chi connectivity index (χ3v) is 5.13. The quantitative estimate of drug-likeness (QED) is 0.631. The summed E-state index contributed by atoms with van der Waals surface area (Å²) in [6.45, 7) is 4.12. The van der Waals surface area contributed by atoms with Gasteiger partial charge in [-0.05, 0) is 44.0 Å². The van der Waals surface area contributed by atoms with Crippen LogP contribution in [0.25, 0.3) is 10.8 Å². The molecule has 2 aromatic heterocycles. The lowest BCUT2D eigenvalue weighted by molar-refractivity contribution is 0.479. The lowest BCUT2D eigenvalue weighted by atomic mass is 10.1. The minimum Gasteiger partial charge on any atom is -0.366 e. The van der Waals surface area contributed by atoms with Crippen LogP contribution in [-0.2, 0) is 0 Å². The van der Waals surface area contributed by atoms with Crippen molar-refractivity contribution in [3.05, 3.63) is 59.9 Å². The highest BCUT2D eigenvalue weighted by atomic mass is 15.1. The molecule has 1 aliphatic rings. The molecule has 3 aromatic rings. The summed E-state index contributed by atoms with van der Waals surface area (Å²) in [6, 6.07) is 16.6. The van der Waals surface area contributed by atoms with Gasteiger partial charge in [-0.3, -0.25) is 0 Å². The summed E-state index contributed by atoms with van der Waals surface area (Å²) in [7, 11) is 0. The molecule has 1 aromatic carbocycles. The molecular formula is C22H24N6. The van der Waals surface area contributed by atoms with Gasteiger partial charge in [0.15, 0.2) is 0 Å². The zero-order valence-corrected chi connectivity index (χ0v) is 15.9. The number of hydrogen-bond donors (Lipinski definition) is 3. The molecule has 6 nitrogen and oxygen atoms in total. The number of nitrogens with zero attached hydrogens (tertiary/aromatic N) is 3. The zero-order chi connectivity index (χ0) is 19.3. The molecule has 1 saturated heterocycles. The molecule has 2 atom stereocenters. The van der Waals surface area contributed by atoms with Gasteiger partial charge in [-0.15, -0.1) is 0 Å². The molecule has 0 bridgehead atoms. The first-order chi connectivity index (χ1) is 13.7. The summed E-state index contributed by atoms with van der Waals surface area (Å²) < 4.78 is 0. The minimum absolute atomic E-state index is 0.0676. The highest BCUT2D eigenvalue weighted by Gasteiger charge is 2.15. The Hall–Kier alpha value is -3.17. The SMILES string of the molecule is C[C@@H](Nc1nc(C#N)cc2cnc(N[C@@H]3CCCNC3)cc12)c1ccccc1. The third-order valence-electron chi connectivity index (χ3n) is 5.13. The second-order valence-electron chi connectivity index (χ2n) is 7.22. The van der Waals surface area contributed by atoms with Gasteiger partial charge in [0.2, 0.25) is 0 Å². The predicted molar refractivity (Wildman–Crippen MR) is 112 cm³/mol. The molecule has 0 amide bonds. The number of nitrogens with one attached hydrogen (secondary N) is 3. The number of piperidine rings is 1. The van der Waals surface area contributed by atoms with Crippen molar-refractivity contribution in [3.63, 3.8) is 0 Å². The summed E-state index contributed by atoms with van der Waals surface area (Å²) in [6.07, 6.45) is 4.11. The van der Waals surface area contributed by atoms with Crippen LogP contribution in [0.15, 0.2) is 48.7 Å². The highest BCUT2D eigenvalue weighted by Crippen LogP contribution is 2.28. The van der Waals surface area contributed by atoms with Crippen molar-refractivity contribution in [1.29, 1.82) is 5.26 Å². The second-order valence-corrected chi connectivity index (χ2v) is 7.22. The molecule has 1 fully saturated rings. The minimum atomic E-state index is 0.0676. The predicted octanol–water partition coefficient (Wildman–Crippen LogP) is 3.84. The van der Waals surface area contributed by atoms with Crippen LogP contribution in [0.1, 0.15) is 37.1 Å². The fourth-order valence-electron chi connectivity index (χ4n) is 3.61. The summed E-state index contributed by atoms with van der Waals surface area (Å²) in [5, 5.41) is 21.6. The molecule has 0 unspecified atom stereocenters. The summed E-state index contributed by atoms with van der Waals surface area (Å²) in [5.74, 6) is 1.54. The number of benzene rings is 1. The van der Waals surface area contributed by atoms with E-state index in [1.54, 1.807) is 6.07 Å². The summed E-state index contributed by atoms with van der Waals surface area (Å²) >= 11 is 0. The number of fused-ring (bicyclic) bond motifs is 1. The standard InChI is InChI=1S/C22H24N6/c1-15(16-6-3-2-4-7-16)26-22-20-11-21(27-18-8-5-9-24-14-18)25-13-17(20)10-19(12-23)28-22/h2-4,6-7,10-11,13,15,18,24H,5,8-9,14H2,1H3,(H,25,27)(H,26,28)/t15-,18-/m1/s1. The average molecular weight is 372 g/mol. The maximum absolute atomic E-state index is 9.36. The van der Waals surface area contributed by atoms with Crippen LogP contribution >= 0.6 is 0 Å². The second kappa shape index (κ2) is 8.24. The summed E-state index contributed by atoms with van der Waals surface area (Å²) in [4.78, 5) is 9.08. The van der Waals surface area contributed by atoms with Crippen molar-refractivity contribution >= 4 is 22.4 Å². The van der Waals surface area contributed by atoms with Gasteiger partial charge in [0, 0.05) is 35.6 Å². The van der Waals surface area contributed by atoms with E-state index in [1.807, 2.05) is 30.5 Å². The van der Waals surface area contributed by atoms with Crippen molar-refractivity contribution in [2.24, 2.45) is 0 Å². The normalized spacial score (nSPS) is 17.6. The van der Waals surface area contributed by atoms with Crippen molar-refractivity contribution in [2.45, 2.75) is 31.8 Å². The molecule has 0 spiro atoms. The van der Waals surface area contributed by atoms with Gasteiger partial charge >= 0.3 is 0 Å². The van der Waals surface area contributed by atoms with Gasteiger partial charge in [-0.25, -0.2) is 9.97 Å². The molecule has 142 valence electrons. The van der Waals surface area contributed by atoms with Gasteiger partial charge in [0.05, 0.1) is 0 Å². The Morgan fingerprint density at radius 2 is 2.11 bits per heavy atom. The maximum Gasteiger partial charge on any atom is 0.143 e. The molecule has 0 saturated carbocycles. The van der Waals surface area contributed by atoms with Crippen LogP contribution < -0.4 is 16.0 Å². The molecule has 1 aliphatic heterocycles. The number of pyridine rings is 2. The lowest BCUT2D eigenvalue weighted by Gasteiger charge is -2.24. The molecule has 28 heavy (non-hydrogen) atoms. The van der Waals surface area contributed by atoms with Gasteiger partial charge in [-0.2, -0.15) is 5.26 Å². The topological polar surface area (TPSA) is 85.7 Å². The highest BCUT2D eigenvalue weighted by molar-refractivity contribution is 5.93. The molecule has 3 heterocycles. The Labute approximate surface area is 165 Å². The first-order valence-corrected chi connectivity index (χ1v) is 9.72. The van der Waals surface area contributed by atoms with E-state index in [1.165, 1.54) is 12.0 Å². The lowest BCUT2D eigenvalue weighted by Crippen LogP contribution is -2.38. The van der Waals surface area contributed by atoms with Crippen LogP contribution in [-0.4, -0.2) is 29.1 Å². The zero-order valence-electron chi connectivity index (χ0n) is 15.9. The maximum atomic E-state index is 9.36. The van der Waals surface area contributed by atoms with E-state index >= 15 is 0 Å². The van der Waals surface area contributed by atoms with Crippen LogP contribution in [0, 0.1) is 11.3 Å². The molecule has 0 aliphatic carbocycles. The van der Waals surface area contributed by atoms with Gasteiger partial charge in [0.25, 0.3) is 0 Å². The third kappa shape index (κ3) is 4.05. The molecule has 3 N–H and O–H groups in total. The number of nitriles is 1. The van der Waals surface area contributed by atoms with Crippen molar-refractivity contribution in [3.8, 4) is 6.07 Å². The number of aromatic nitrogens is 2. The molecule has 4 rings (SSSR count). The van der Waals surface area contributed by atoms with Crippen molar-refractivity contribution in [2.75, 3.05) is 23.7 Å². The monoisotopic (exact) mass is 372 g/mol. The van der Waals surface area contributed by atoms with Gasteiger partial charge < -0.3 is 16.0 Å². The first-order valence-electron chi connectivity index (χ1n) is 9.72. The number of rotatable bonds is 5. The molecular weight excluding hydrogens is 348 g/mol. The van der Waals surface area contributed by atoms with E-state index in [2.05, 4.69) is 51.0 Å². The van der Waals surface area contributed by atoms with Gasteiger partial charge in [0.1, 0.15) is 23.4 Å². The van der Waals surface area contributed by atoms with Crippen molar-refractivity contribution < 1.29 is 0 Å². The Morgan fingerprint density at radius 1 is 1.25 bits per heavy atom. The number of anilines is 2. The van der Waals surface area contributed by atoms with Crippen molar-refractivity contribution in [1.82, 2.24) is 15.3 Å². The van der Waals surface area contributed by atoms with Gasteiger partial charge in [-0.1, -0.05) is 30.3 Å². The van der Waals surface area contributed by atoms with Crippen LogP contribution in [0.2, 0.25) is 0 Å². The van der Waals surface area contributed by atoms with E-state index in [9.17, 15) is 5.26 Å². The Kier molecular flexibility index (Phi) is 5.36. The Balaban J connectivity index is 1.66.